The molecule has 2 rings (SSSR count). The van der Waals surface area contributed by atoms with Crippen LogP contribution in [0.25, 0.3) is 0 Å². The number of phenolic OH excluding ortho intramolecular Hbond substituents is 1. The second kappa shape index (κ2) is 2.67. The van der Waals surface area contributed by atoms with Crippen LogP contribution in [0.15, 0.2) is 18.2 Å². The van der Waals surface area contributed by atoms with Crippen molar-refractivity contribution >= 4 is 0 Å². The maximum Gasteiger partial charge on any atom is 0.285 e. The topological polar surface area (TPSA) is 32.3 Å². The van der Waals surface area contributed by atoms with Crippen molar-refractivity contribution in [3.05, 3.63) is 29.3 Å². The van der Waals surface area contributed by atoms with E-state index in [-0.39, 0.29) is 17.9 Å². The molecule has 0 fully saturated rings. The van der Waals surface area contributed by atoms with Crippen LogP contribution in [-0.2, 0) is 12.5 Å². The summed E-state index contributed by atoms with van der Waals surface area (Å²) < 4.78 is 26.4. The number of aromatic hydroxyl groups is 1. The maximum absolute atomic E-state index is 13.2. The Kier molecular flexibility index (Phi) is 1.73. The van der Waals surface area contributed by atoms with Gasteiger partial charge in [0.15, 0.2) is 0 Å². The second-order valence-electron chi connectivity index (χ2n) is 3.15. The summed E-state index contributed by atoms with van der Waals surface area (Å²) in [5, 5.41) is 11.7. The first-order valence-electron chi connectivity index (χ1n) is 4.00. The molecule has 70 valence electrons. The van der Waals surface area contributed by atoms with Gasteiger partial charge in [-0.05, 0) is 23.8 Å². The first-order chi connectivity index (χ1) is 6.09. The minimum absolute atomic E-state index is 0.0176. The van der Waals surface area contributed by atoms with E-state index in [2.05, 4.69) is 5.32 Å². The third-order valence-electron chi connectivity index (χ3n) is 2.15. The van der Waals surface area contributed by atoms with E-state index in [1.807, 2.05) is 0 Å². The molecule has 1 heterocycles. The van der Waals surface area contributed by atoms with Gasteiger partial charge < -0.3 is 10.4 Å². The number of benzene rings is 1. The molecule has 0 atom stereocenters. The van der Waals surface area contributed by atoms with Gasteiger partial charge in [-0.2, -0.15) is 8.78 Å². The Balaban J connectivity index is 2.53. The lowest BCUT2D eigenvalue weighted by molar-refractivity contribution is -0.0108. The molecule has 1 aromatic carbocycles. The molecule has 1 aliphatic rings. The second-order valence-corrected chi connectivity index (χ2v) is 3.15. The lowest BCUT2D eigenvalue weighted by atomic mass is 9.98. The SMILES string of the molecule is Oc1ccc2c(c1)CNCC2(F)F. The van der Waals surface area contributed by atoms with Crippen LogP contribution in [0.2, 0.25) is 0 Å². The largest absolute Gasteiger partial charge is 0.508 e. The van der Waals surface area contributed by atoms with Crippen LogP contribution in [0.1, 0.15) is 11.1 Å². The van der Waals surface area contributed by atoms with Crippen molar-refractivity contribution in [2.45, 2.75) is 12.5 Å². The Morgan fingerprint density at radius 1 is 1.38 bits per heavy atom. The molecule has 13 heavy (non-hydrogen) atoms. The van der Waals surface area contributed by atoms with Crippen molar-refractivity contribution in [2.24, 2.45) is 0 Å². The van der Waals surface area contributed by atoms with E-state index in [9.17, 15) is 8.78 Å². The molecule has 2 nitrogen and oxygen atoms in total. The first kappa shape index (κ1) is 8.44. The quantitative estimate of drug-likeness (QED) is 0.643. The molecular weight excluding hydrogens is 176 g/mol. The molecule has 2 N–H and O–H groups in total. The number of alkyl halides is 2. The smallest absolute Gasteiger partial charge is 0.285 e. The van der Waals surface area contributed by atoms with E-state index < -0.39 is 5.92 Å². The molecule has 0 radical (unpaired) electrons. The third kappa shape index (κ3) is 1.37. The molecule has 0 aliphatic carbocycles. The fraction of sp³-hybridized carbons (Fsp3) is 0.333. The molecule has 0 saturated heterocycles. The molecule has 0 amide bonds. The number of hydrogen-bond donors (Lipinski definition) is 2. The number of hydrogen-bond acceptors (Lipinski definition) is 2. The molecule has 0 aromatic heterocycles. The monoisotopic (exact) mass is 185 g/mol. The van der Waals surface area contributed by atoms with Gasteiger partial charge >= 0.3 is 0 Å². The lowest BCUT2D eigenvalue weighted by Gasteiger charge is -2.25. The number of halogens is 2. The van der Waals surface area contributed by atoms with Crippen LogP contribution < -0.4 is 5.32 Å². The van der Waals surface area contributed by atoms with E-state index in [0.29, 0.717) is 12.1 Å². The van der Waals surface area contributed by atoms with E-state index in [1.165, 1.54) is 18.2 Å². The van der Waals surface area contributed by atoms with Gasteiger partial charge in [0.2, 0.25) is 0 Å². The fourth-order valence-corrected chi connectivity index (χ4v) is 1.53. The van der Waals surface area contributed by atoms with Crippen molar-refractivity contribution in [1.29, 1.82) is 0 Å². The number of rotatable bonds is 0. The highest BCUT2D eigenvalue weighted by Crippen LogP contribution is 2.34. The number of fused-ring (bicyclic) bond motifs is 1. The molecular formula is C9H9F2NO. The molecule has 0 spiro atoms. The average molecular weight is 185 g/mol. The van der Waals surface area contributed by atoms with Crippen molar-refractivity contribution < 1.29 is 13.9 Å². The van der Waals surface area contributed by atoms with Crippen LogP contribution in [0.5, 0.6) is 5.75 Å². The molecule has 0 unspecified atom stereocenters. The lowest BCUT2D eigenvalue weighted by Crippen LogP contribution is -2.36. The summed E-state index contributed by atoms with van der Waals surface area (Å²) in [7, 11) is 0. The van der Waals surface area contributed by atoms with Gasteiger partial charge in [-0.1, -0.05) is 0 Å². The Bertz CT molecular complexity index is 338. The highest BCUT2D eigenvalue weighted by molar-refractivity contribution is 5.38. The van der Waals surface area contributed by atoms with E-state index in [0.717, 1.165) is 0 Å². The predicted molar refractivity (Wildman–Crippen MR) is 43.7 cm³/mol. The van der Waals surface area contributed by atoms with E-state index in [1.54, 1.807) is 0 Å². The molecule has 1 aliphatic heterocycles. The zero-order chi connectivity index (χ0) is 9.47. The molecule has 0 bridgehead atoms. The van der Waals surface area contributed by atoms with Crippen LogP contribution in [0.3, 0.4) is 0 Å². The predicted octanol–water partition coefficient (Wildman–Crippen LogP) is 1.59. The van der Waals surface area contributed by atoms with Gasteiger partial charge in [-0.3, -0.25) is 0 Å². The van der Waals surface area contributed by atoms with Gasteiger partial charge in [0.25, 0.3) is 5.92 Å². The number of phenols is 1. The average Bonchev–Trinajstić information content (AvgIpc) is 2.02. The minimum atomic E-state index is -2.82. The Morgan fingerprint density at radius 3 is 2.92 bits per heavy atom. The Labute approximate surface area is 74.2 Å². The van der Waals surface area contributed by atoms with Crippen molar-refractivity contribution in [3.63, 3.8) is 0 Å². The van der Waals surface area contributed by atoms with Crippen molar-refractivity contribution in [1.82, 2.24) is 5.32 Å². The Morgan fingerprint density at radius 2 is 2.15 bits per heavy atom. The van der Waals surface area contributed by atoms with Crippen molar-refractivity contribution in [2.75, 3.05) is 6.54 Å². The molecule has 4 heteroatoms. The summed E-state index contributed by atoms with van der Waals surface area (Å²) in [6, 6.07) is 3.94. The highest BCUT2D eigenvalue weighted by atomic mass is 19.3. The first-order valence-corrected chi connectivity index (χ1v) is 4.00. The van der Waals surface area contributed by atoms with Gasteiger partial charge in [-0.25, -0.2) is 0 Å². The van der Waals surface area contributed by atoms with E-state index in [4.69, 9.17) is 5.11 Å². The summed E-state index contributed by atoms with van der Waals surface area (Å²) in [5.41, 5.74) is 0.486. The normalized spacial score (nSPS) is 19.5. The van der Waals surface area contributed by atoms with Crippen LogP contribution in [-0.4, -0.2) is 11.7 Å². The minimum Gasteiger partial charge on any atom is -0.508 e. The van der Waals surface area contributed by atoms with Crippen LogP contribution in [0, 0.1) is 0 Å². The summed E-state index contributed by atoms with van der Waals surface area (Å²) in [5.74, 6) is -2.79. The van der Waals surface area contributed by atoms with Gasteiger partial charge in [0.05, 0.1) is 6.54 Å². The summed E-state index contributed by atoms with van der Waals surface area (Å²) in [6.07, 6.45) is 0. The zero-order valence-corrected chi connectivity index (χ0v) is 6.85. The summed E-state index contributed by atoms with van der Waals surface area (Å²) in [6.45, 7) is 0.0596. The van der Waals surface area contributed by atoms with Crippen LogP contribution >= 0.6 is 0 Å². The fourth-order valence-electron chi connectivity index (χ4n) is 1.53. The Hall–Kier alpha value is -1.16. The highest BCUT2D eigenvalue weighted by Gasteiger charge is 2.36. The molecule has 0 saturated carbocycles. The summed E-state index contributed by atoms with van der Waals surface area (Å²) >= 11 is 0. The van der Waals surface area contributed by atoms with Gasteiger partial charge in [0.1, 0.15) is 5.75 Å². The summed E-state index contributed by atoms with van der Waals surface area (Å²) in [4.78, 5) is 0. The van der Waals surface area contributed by atoms with Gasteiger partial charge in [-0.15, -0.1) is 0 Å². The van der Waals surface area contributed by atoms with E-state index >= 15 is 0 Å². The number of nitrogens with one attached hydrogen (secondary N) is 1. The molecule has 1 aromatic rings. The van der Waals surface area contributed by atoms with Gasteiger partial charge in [0, 0.05) is 12.1 Å². The van der Waals surface area contributed by atoms with Crippen molar-refractivity contribution in [3.8, 4) is 5.75 Å². The standard InChI is InChI=1S/C9H9F2NO/c10-9(11)5-12-4-6-3-7(13)1-2-8(6)9/h1-3,12-13H,4-5H2. The third-order valence-corrected chi connectivity index (χ3v) is 2.15. The van der Waals surface area contributed by atoms with Crippen LogP contribution in [0.4, 0.5) is 8.78 Å². The zero-order valence-electron chi connectivity index (χ0n) is 6.85. The maximum atomic E-state index is 13.2.